The van der Waals surface area contributed by atoms with E-state index in [1.54, 1.807) is 19.2 Å². The van der Waals surface area contributed by atoms with Gasteiger partial charge in [-0.05, 0) is 35.4 Å². The molecule has 0 unspecified atom stereocenters. The van der Waals surface area contributed by atoms with Gasteiger partial charge in [-0.25, -0.2) is 12.7 Å². The second-order valence-electron chi connectivity index (χ2n) is 6.02. The molecule has 0 amide bonds. The van der Waals surface area contributed by atoms with Crippen molar-refractivity contribution in [2.45, 2.75) is 18.0 Å². The second-order valence-corrected chi connectivity index (χ2v) is 8.18. The predicted octanol–water partition coefficient (Wildman–Crippen LogP) is 2.25. The minimum Gasteiger partial charge on any atom is -0.491 e. The molecule has 0 heterocycles. The third-order valence-corrected chi connectivity index (χ3v) is 5.64. The van der Waals surface area contributed by atoms with Gasteiger partial charge in [-0.3, -0.25) is 0 Å². The zero-order valence-corrected chi connectivity index (χ0v) is 16.3. The number of hydrogen-bond acceptors (Lipinski definition) is 5. The third-order valence-electron chi connectivity index (χ3n) is 3.81. The van der Waals surface area contributed by atoms with E-state index in [2.05, 4.69) is 5.32 Å². The number of sulfonamides is 1. The van der Waals surface area contributed by atoms with Crippen LogP contribution < -0.4 is 10.1 Å². The van der Waals surface area contributed by atoms with Gasteiger partial charge in [-0.15, -0.1) is 0 Å². The van der Waals surface area contributed by atoms with Gasteiger partial charge >= 0.3 is 0 Å². The molecule has 0 saturated heterocycles. The molecule has 0 aliphatic carbocycles. The molecule has 0 aliphatic heterocycles. The summed E-state index contributed by atoms with van der Waals surface area (Å²) in [5.41, 5.74) is 2.14. The molecule has 6 nitrogen and oxygen atoms in total. The van der Waals surface area contributed by atoms with Crippen LogP contribution in [0.25, 0.3) is 0 Å². The van der Waals surface area contributed by atoms with Crippen LogP contribution >= 0.6 is 0 Å². The molecule has 0 spiro atoms. The van der Waals surface area contributed by atoms with E-state index < -0.39 is 10.0 Å². The van der Waals surface area contributed by atoms with Crippen molar-refractivity contribution in [3.63, 3.8) is 0 Å². The van der Waals surface area contributed by atoms with Crippen LogP contribution in [-0.2, 0) is 27.8 Å². The van der Waals surface area contributed by atoms with Gasteiger partial charge in [0.25, 0.3) is 0 Å². The molecule has 0 aliphatic rings. The van der Waals surface area contributed by atoms with Gasteiger partial charge in [0.05, 0.1) is 11.5 Å². The molecule has 7 heteroatoms. The summed E-state index contributed by atoms with van der Waals surface area (Å²) in [6.45, 7) is 2.42. The Bertz CT molecular complexity index is 789. The van der Waals surface area contributed by atoms with E-state index in [0.29, 0.717) is 31.2 Å². The van der Waals surface area contributed by atoms with E-state index in [1.165, 1.54) is 18.4 Å². The summed E-state index contributed by atoms with van der Waals surface area (Å²) in [6, 6.07) is 14.8. The highest BCUT2D eigenvalue weighted by Crippen LogP contribution is 2.15. The number of hydrogen-bond donors (Lipinski definition) is 1. The molecule has 0 radical (unpaired) electrons. The predicted molar refractivity (Wildman–Crippen MR) is 102 cm³/mol. The molecule has 2 aromatic rings. The summed E-state index contributed by atoms with van der Waals surface area (Å²) >= 11 is 0. The van der Waals surface area contributed by atoms with Gasteiger partial charge in [-0.2, -0.15) is 0 Å². The second kappa shape index (κ2) is 9.68. The van der Waals surface area contributed by atoms with Gasteiger partial charge in [0.2, 0.25) is 10.0 Å². The van der Waals surface area contributed by atoms with E-state index in [1.807, 2.05) is 36.4 Å². The lowest BCUT2D eigenvalue weighted by Crippen LogP contribution is -2.22. The number of methoxy groups -OCH3 is 1. The maximum absolute atomic E-state index is 12.1. The molecule has 0 aromatic heterocycles. The van der Waals surface area contributed by atoms with Crippen LogP contribution in [0.3, 0.4) is 0 Å². The lowest BCUT2D eigenvalue weighted by atomic mass is 10.2. The van der Waals surface area contributed by atoms with Gasteiger partial charge < -0.3 is 14.8 Å². The summed E-state index contributed by atoms with van der Waals surface area (Å²) < 4.78 is 35.9. The average Bonchev–Trinajstić information content (AvgIpc) is 2.63. The Morgan fingerprint density at radius 3 is 2.31 bits per heavy atom. The van der Waals surface area contributed by atoms with Crippen LogP contribution in [0.15, 0.2) is 53.4 Å². The molecular weight excluding hydrogens is 352 g/mol. The Hall–Kier alpha value is -1.93. The Balaban J connectivity index is 1.87. The fourth-order valence-electron chi connectivity index (χ4n) is 2.33. The number of nitrogens with one attached hydrogen (secondary N) is 1. The average molecular weight is 378 g/mol. The Labute approximate surface area is 155 Å². The van der Waals surface area contributed by atoms with Crippen molar-refractivity contribution in [2.75, 3.05) is 34.4 Å². The van der Waals surface area contributed by atoms with Crippen LogP contribution in [-0.4, -0.2) is 47.1 Å². The van der Waals surface area contributed by atoms with E-state index in [4.69, 9.17) is 9.47 Å². The van der Waals surface area contributed by atoms with Gasteiger partial charge in [0, 0.05) is 34.3 Å². The third kappa shape index (κ3) is 5.81. The molecule has 0 fully saturated rings. The van der Waals surface area contributed by atoms with E-state index in [0.717, 1.165) is 16.9 Å². The number of nitrogens with zero attached hydrogens (tertiary/aromatic N) is 1. The van der Waals surface area contributed by atoms with Crippen molar-refractivity contribution in [2.24, 2.45) is 0 Å². The molecule has 0 bridgehead atoms. The number of ether oxygens (including phenoxy) is 2. The summed E-state index contributed by atoms with van der Waals surface area (Å²) in [4.78, 5) is 0.298. The fourth-order valence-corrected chi connectivity index (χ4v) is 3.23. The minimum absolute atomic E-state index is 0.298. The first-order valence-electron chi connectivity index (χ1n) is 8.36. The van der Waals surface area contributed by atoms with Crippen molar-refractivity contribution >= 4 is 10.0 Å². The van der Waals surface area contributed by atoms with E-state index >= 15 is 0 Å². The first-order valence-corrected chi connectivity index (χ1v) is 9.80. The normalized spacial score (nSPS) is 11.7. The van der Waals surface area contributed by atoms with Crippen LogP contribution in [0, 0.1) is 0 Å². The fraction of sp³-hybridized carbons (Fsp3) is 0.368. The summed E-state index contributed by atoms with van der Waals surface area (Å²) in [5.74, 6) is 0.819. The highest BCUT2D eigenvalue weighted by Gasteiger charge is 2.16. The zero-order valence-electron chi connectivity index (χ0n) is 15.4. The van der Waals surface area contributed by atoms with Gasteiger partial charge in [0.15, 0.2) is 0 Å². The zero-order chi connectivity index (χ0) is 19.0. The van der Waals surface area contributed by atoms with Crippen LogP contribution in [0.1, 0.15) is 11.1 Å². The summed E-state index contributed by atoms with van der Waals surface area (Å²) in [6.07, 6.45) is 0. The molecule has 2 aromatic carbocycles. The van der Waals surface area contributed by atoms with E-state index in [9.17, 15) is 8.42 Å². The Kier molecular flexibility index (Phi) is 7.59. The largest absolute Gasteiger partial charge is 0.491 e. The molecule has 1 N–H and O–H groups in total. The maximum Gasteiger partial charge on any atom is 0.242 e. The Morgan fingerprint density at radius 1 is 0.962 bits per heavy atom. The van der Waals surface area contributed by atoms with Crippen LogP contribution in [0.2, 0.25) is 0 Å². The Morgan fingerprint density at radius 2 is 1.65 bits per heavy atom. The molecule has 0 atom stereocenters. The van der Waals surface area contributed by atoms with Crippen molar-refractivity contribution < 1.29 is 17.9 Å². The highest BCUT2D eigenvalue weighted by atomic mass is 32.2. The summed E-state index contributed by atoms with van der Waals surface area (Å²) in [5, 5.41) is 3.35. The lowest BCUT2D eigenvalue weighted by Gasteiger charge is -2.12. The standard InChI is InChI=1S/C19H26N2O4S/c1-21(2)26(22,23)19-9-7-16(8-10-19)14-20-15-17-5-4-6-18(13-17)25-12-11-24-3/h4-10,13,20H,11-12,14-15H2,1-3H3. The molecule has 0 saturated carbocycles. The lowest BCUT2D eigenvalue weighted by molar-refractivity contribution is 0.146. The van der Waals surface area contributed by atoms with E-state index in [-0.39, 0.29) is 0 Å². The summed E-state index contributed by atoms with van der Waals surface area (Å²) in [7, 11) is 1.31. The van der Waals surface area contributed by atoms with Gasteiger partial charge in [0.1, 0.15) is 12.4 Å². The first kappa shape index (κ1) is 20.4. The topological polar surface area (TPSA) is 67.9 Å². The monoisotopic (exact) mass is 378 g/mol. The first-order chi connectivity index (χ1) is 12.4. The van der Waals surface area contributed by atoms with Crippen molar-refractivity contribution in [1.29, 1.82) is 0 Å². The molecule has 26 heavy (non-hydrogen) atoms. The highest BCUT2D eigenvalue weighted by molar-refractivity contribution is 7.89. The SMILES string of the molecule is COCCOc1cccc(CNCc2ccc(S(=O)(=O)N(C)C)cc2)c1. The number of benzene rings is 2. The minimum atomic E-state index is -3.38. The number of rotatable bonds is 10. The van der Waals surface area contributed by atoms with Crippen LogP contribution in [0.4, 0.5) is 0 Å². The van der Waals surface area contributed by atoms with Crippen molar-refractivity contribution in [3.05, 3.63) is 59.7 Å². The smallest absolute Gasteiger partial charge is 0.242 e. The molecular formula is C19H26N2O4S. The quantitative estimate of drug-likeness (QED) is 0.642. The molecule has 142 valence electrons. The van der Waals surface area contributed by atoms with Crippen molar-refractivity contribution in [1.82, 2.24) is 9.62 Å². The van der Waals surface area contributed by atoms with Crippen LogP contribution in [0.5, 0.6) is 5.75 Å². The van der Waals surface area contributed by atoms with Gasteiger partial charge in [-0.1, -0.05) is 24.3 Å². The maximum atomic E-state index is 12.1. The van der Waals surface area contributed by atoms with Crippen molar-refractivity contribution in [3.8, 4) is 5.75 Å². The molecule has 2 rings (SSSR count).